The van der Waals surface area contributed by atoms with Gasteiger partial charge in [0.15, 0.2) is 0 Å². The molecule has 0 aromatic rings. The summed E-state index contributed by atoms with van der Waals surface area (Å²) in [6.07, 6.45) is 1.86. The molecule has 0 N–H and O–H groups in total. The fourth-order valence-corrected chi connectivity index (χ4v) is 6.07. The Kier molecular flexibility index (Phi) is 10.0. The smallest absolute Gasteiger partial charge is 0.440 e. The van der Waals surface area contributed by atoms with Gasteiger partial charge in [0, 0.05) is 31.9 Å². The summed E-state index contributed by atoms with van der Waals surface area (Å²) in [7, 11) is 2.13. The molecule has 1 aliphatic rings. The van der Waals surface area contributed by atoms with Crippen molar-refractivity contribution in [3.8, 4) is 0 Å². The molecule has 28 heavy (non-hydrogen) atoms. The molecule has 1 rings (SSSR count). The van der Waals surface area contributed by atoms with E-state index in [0.717, 1.165) is 56.8 Å². The first kappa shape index (κ1) is 25.5. The number of hydrogen-bond acceptors (Lipinski definition) is 8. The van der Waals surface area contributed by atoms with Crippen LogP contribution in [0.3, 0.4) is 0 Å². The highest BCUT2D eigenvalue weighted by Crippen LogP contribution is 2.62. The van der Waals surface area contributed by atoms with Gasteiger partial charge in [0.25, 0.3) is 0 Å². The zero-order valence-electron chi connectivity index (χ0n) is 18.2. The normalized spacial score (nSPS) is 19.1. The molecule has 1 heterocycles. The van der Waals surface area contributed by atoms with Gasteiger partial charge in [-0.25, -0.2) is 4.57 Å². The third kappa shape index (κ3) is 9.79. The van der Waals surface area contributed by atoms with E-state index in [2.05, 4.69) is 23.4 Å². The molecule has 0 aromatic carbocycles. The molecule has 1 aliphatic heterocycles. The van der Waals surface area contributed by atoms with Gasteiger partial charge in [0.2, 0.25) is 0 Å². The topological polar surface area (TPSA) is 68.3 Å². The third-order valence-corrected chi connectivity index (χ3v) is 8.18. The molecule has 7 nitrogen and oxygen atoms in total. The summed E-state index contributed by atoms with van der Waals surface area (Å²) in [4.78, 5) is 17.2. The Bertz CT molecular complexity index is 557. The molecule has 1 atom stereocenters. The average molecular weight is 437 g/mol. The minimum absolute atomic E-state index is 0.152. The number of esters is 1. The highest BCUT2D eigenvalue weighted by atomic mass is 32.7. The van der Waals surface area contributed by atoms with Gasteiger partial charge in [-0.1, -0.05) is 6.58 Å². The van der Waals surface area contributed by atoms with Gasteiger partial charge < -0.3 is 19.1 Å². The van der Waals surface area contributed by atoms with E-state index < -0.39 is 17.8 Å². The Morgan fingerprint density at radius 1 is 1.18 bits per heavy atom. The largest absolute Gasteiger partial charge is 0.464 e. The quantitative estimate of drug-likeness (QED) is 0.208. The maximum absolute atomic E-state index is 12.7. The highest BCUT2D eigenvalue weighted by molar-refractivity contribution is 8.55. The molecule has 164 valence electrons. The van der Waals surface area contributed by atoms with Crippen molar-refractivity contribution in [1.82, 2.24) is 9.80 Å². The zero-order chi connectivity index (χ0) is 21.4. The van der Waals surface area contributed by atoms with Crippen LogP contribution >= 0.6 is 18.2 Å². The standard InChI is InChI=1S/C19H37N2O5PS/c1-8-25-27(23,26-18(2,3)4)28-16-15-24-17(22)19(5,6)9-10-21-13-11-20(7)12-14-21/h8H,1,9-16H2,2-7H3. The molecule has 0 aliphatic carbocycles. The highest BCUT2D eigenvalue weighted by Gasteiger charge is 2.33. The Hall–Kier alpha value is -0.530. The predicted octanol–water partition coefficient (Wildman–Crippen LogP) is 4.01. The van der Waals surface area contributed by atoms with E-state index in [-0.39, 0.29) is 12.6 Å². The fraction of sp³-hybridized carbons (Fsp3) is 0.842. The second-order valence-corrected chi connectivity index (χ2v) is 12.7. The van der Waals surface area contributed by atoms with Crippen LogP contribution in [0.2, 0.25) is 0 Å². The average Bonchev–Trinajstić information content (AvgIpc) is 2.56. The molecule has 0 bridgehead atoms. The van der Waals surface area contributed by atoms with E-state index >= 15 is 0 Å². The molecular weight excluding hydrogens is 399 g/mol. The maximum atomic E-state index is 12.7. The number of nitrogens with zero attached hydrogens (tertiary/aromatic N) is 2. The Balaban J connectivity index is 2.38. The monoisotopic (exact) mass is 436 g/mol. The minimum atomic E-state index is -3.38. The number of carbonyl (C=O) groups is 1. The summed E-state index contributed by atoms with van der Waals surface area (Å²) in [6, 6.07) is 0. The van der Waals surface area contributed by atoms with Crippen molar-refractivity contribution in [1.29, 1.82) is 0 Å². The van der Waals surface area contributed by atoms with Gasteiger partial charge >= 0.3 is 12.8 Å². The lowest BCUT2D eigenvalue weighted by Crippen LogP contribution is -2.45. The molecular formula is C19H37N2O5PS. The van der Waals surface area contributed by atoms with Gasteiger partial charge in [-0.3, -0.25) is 9.32 Å². The molecule has 0 amide bonds. The lowest BCUT2D eigenvalue weighted by atomic mass is 9.89. The SMILES string of the molecule is C=COP(=O)(OC(C)(C)C)SCCOC(=O)C(C)(C)CCN1CCN(C)CC1. The number of piperazine rings is 1. The summed E-state index contributed by atoms with van der Waals surface area (Å²) in [5, 5.41) is 0. The van der Waals surface area contributed by atoms with E-state index in [1.165, 1.54) is 0 Å². The third-order valence-electron chi connectivity index (χ3n) is 4.36. The summed E-state index contributed by atoms with van der Waals surface area (Å²) in [5.41, 5.74) is -1.18. The van der Waals surface area contributed by atoms with Crippen LogP contribution in [0.1, 0.15) is 41.0 Å². The van der Waals surface area contributed by atoms with Gasteiger partial charge in [0.1, 0.15) is 6.61 Å². The van der Waals surface area contributed by atoms with Crippen LogP contribution in [0.4, 0.5) is 0 Å². The van der Waals surface area contributed by atoms with Crippen LogP contribution in [-0.4, -0.2) is 73.5 Å². The second-order valence-electron chi connectivity index (χ2n) is 8.67. The molecule has 0 saturated carbocycles. The summed E-state index contributed by atoms with van der Waals surface area (Å²) in [6.45, 7) is 14.5. The van der Waals surface area contributed by atoms with Crippen molar-refractivity contribution in [3.63, 3.8) is 0 Å². The number of hydrogen-bond donors (Lipinski definition) is 0. The molecule has 9 heteroatoms. The van der Waals surface area contributed by atoms with Crippen LogP contribution in [0, 0.1) is 5.41 Å². The van der Waals surface area contributed by atoms with E-state index in [9.17, 15) is 9.36 Å². The lowest BCUT2D eigenvalue weighted by Gasteiger charge is -2.34. The van der Waals surface area contributed by atoms with Gasteiger partial charge in [-0.15, -0.1) is 0 Å². The van der Waals surface area contributed by atoms with Crippen molar-refractivity contribution in [2.45, 2.75) is 46.6 Å². The van der Waals surface area contributed by atoms with E-state index in [0.29, 0.717) is 5.75 Å². The lowest BCUT2D eigenvalue weighted by molar-refractivity contribution is -0.153. The molecule has 0 spiro atoms. The molecule has 1 saturated heterocycles. The number of ether oxygens (including phenoxy) is 1. The minimum Gasteiger partial charge on any atom is -0.464 e. The zero-order valence-corrected chi connectivity index (χ0v) is 19.9. The van der Waals surface area contributed by atoms with Gasteiger partial charge in [0.05, 0.1) is 17.3 Å². The van der Waals surface area contributed by atoms with Crippen molar-refractivity contribution in [2.75, 3.05) is 52.1 Å². The number of rotatable bonds is 11. The summed E-state index contributed by atoms with van der Waals surface area (Å²) in [5.74, 6) is 0.0834. The van der Waals surface area contributed by atoms with Crippen molar-refractivity contribution < 1.29 is 23.1 Å². The van der Waals surface area contributed by atoms with Gasteiger partial charge in [-0.05, 0) is 66.0 Å². The number of carbonyl (C=O) groups excluding carboxylic acids is 1. The fourth-order valence-electron chi connectivity index (χ4n) is 2.59. The van der Waals surface area contributed by atoms with Crippen LogP contribution in [0.5, 0.6) is 0 Å². The maximum Gasteiger partial charge on any atom is 0.440 e. The van der Waals surface area contributed by atoms with Crippen LogP contribution in [0.25, 0.3) is 0 Å². The van der Waals surface area contributed by atoms with Crippen LogP contribution in [0.15, 0.2) is 12.8 Å². The molecule has 0 aromatic heterocycles. The first-order valence-electron chi connectivity index (χ1n) is 9.70. The summed E-state index contributed by atoms with van der Waals surface area (Å²) < 4.78 is 28.7. The Labute approximate surface area is 174 Å². The van der Waals surface area contributed by atoms with E-state index in [1.54, 1.807) is 20.8 Å². The molecule has 1 fully saturated rings. The van der Waals surface area contributed by atoms with E-state index in [4.69, 9.17) is 13.8 Å². The first-order chi connectivity index (χ1) is 12.9. The van der Waals surface area contributed by atoms with Gasteiger partial charge in [-0.2, -0.15) is 0 Å². The van der Waals surface area contributed by atoms with E-state index in [1.807, 2.05) is 13.8 Å². The van der Waals surface area contributed by atoms with Crippen LogP contribution in [-0.2, 0) is 23.1 Å². The van der Waals surface area contributed by atoms with Crippen LogP contribution < -0.4 is 0 Å². The summed E-state index contributed by atoms with van der Waals surface area (Å²) >= 11 is 1.01. The second kappa shape index (κ2) is 11.0. The number of likely N-dealkylation sites (N-methyl/N-ethyl adjacent to an activating group) is 1. The first-order valence-corrected chi connectivity index (χ1v) is 12.8. The van der Waals surface area contributed by atoms with Crippen molar-refractivity contribution >= 4 is 24.1 Å². The Morgan fingerprint density at radius 3 is 2.32 bits per heavy atom. The molecule has 0 radical (unpaired) electrons. The Morgan fingerprint density at radius 2 is 1.79 bits per heavy atom. The molecule has 1 unspecified atom stereocenters. The van der Waals surface area contributed by atoms with Crippen molar-refractivity contribution in [3.05, 3.63) is 12.8 Å². The predicted molar refractivity (Wildman–Crippen MR) is 115 cm³/mol. The van der Waals surface area contributed by atoms with Crippen molar-refractivity contribution in [2.24, 2.45) is 5.41 Å².